The first-order valence-corrected chi connectivity index (χ1v) is 9.13. The van der Waals surface area contributed by atoms with Crippen molar-refractivity contribution in [2.24, 2.45) is 22.7 Å². The SMILES string of the molecule is CN=C(NCc1nccn1CC(C)C)N1CC2CCCCC2C1. The van der Waals surface area contributed by atoms with Crippen LogP contribution in [0.1, 0.15) is 45.4 Å². The number of aromatic nitrogens is 2. The van der Waals surface area contributed by atoms with E-state index in [-0.39, 0.29) is 0 Å². The molecule has 1 aromatic heterocycles. The van der Waals surface area contributed by atoms with Crippen LogP contribution in [0.15, 0.2) is 17.4 Å². The van der Waals surface area contributed by atoms with Crippen molar-refractivity contribution in [2.75, 3.05) is 20.1 Å². The van der Waals surface area contributed by atoms with Crippen molar-refractivity contribution in [3.05, 3.63) is 18.2 Å². The molecule has 5 nitrogen and oxygen atoms in total. The maximum absolute atomic E-state index is 4.51. The number of imidazole rings is 1. The first-order chi connectivity index (χ1) is 11.2. The molecule has 1 aromatic rings. The van der Waals surface area contributed by atoms with Gasteiger partial charge in [0.15, 0.2) is 5.96 Å². The lowest BCUT2D eigenvalue weighted by Gasteiger charge is -2.22. The number of aliphatic imine (C=N–C) groups is 1. The summed E-state index contributed by atoms with van der Waals surface area (Å²) in [7, 11) is 1.89. The lowest BCUT2D eigenvalue weighted by molar-refractivity contribution is 0.299. The normalized spacial score (nSPS) is 25.0. The van der Waals surface area contributed by atoms with Gasteiger partial charge in [-0.05, 0) is 30.6 Å². The average Bonchev–Trinajstić information content (AvgIpc) is 3.14. The molecule has 0 bridgehead atoms. The molecule has 1 aliphatic carbocycles. The zero-order valence-corrected chi connectivity index (χ0v) is 14.8. The zero-order chi connectivity index (χ0) is 16.2. The molecule has 1 N–H and O–H groups in total. The Hall–Kier alpha value is -1.52. The highest BCUT2D eigenvalue weighted by Gasteiger charge is 2.35. The highest BCUT2D eigenvalue weighted by molar-refractivity contribution is 5.80. The number of guanidine groups is 1. The Balaban J connectivity index is 1.57. The molecular weight excluding hydrogens is 286 g/mol. The van der Waals surface area contributed by atoms with Gasteiger partial charge in [-0.2, -0.15) is 0 Å². The Bertz CT molecular complexity index is 519. The van der Waals surface area contributed by atoms with Gasteiger partial charge >= 0.3 is 0 Å². The number of fused-ring (bicyclic) bond motifs is 1. The summed E-state index contributed by atoms with van der Waals surface area (Å²) in [6.07, 6.45) is 9.59. The second-order valence-corrected chi connectivity index (χ2v) is 7.50. The smallest absolute Gasteiger partial charge is 0.194 e. The minimum atomic E-state index is 0.629. The molecule has 0 aromatic carbocycles. The standard InChI is InChI=1S/C18H31N5/c1-14(2)11-22-9-8-20-17(22)10-21-18(19-3)23-12-15-6-4-5-7-16(15)13-23/h8-9,14-16H,4-7,10-13H2,1-3H3,(H,19,21). The molecule has 2 aliphatic rings. The van der Waals surface area contributed by atoms with Crippen molar-refractivity contribution in [1.82, 2.24) is 19.8 Å². The van der Waals surface area contributed by atoms with Gasteiger partial charge < -0.3 is 14.8 Å². The van der Waals surface area contributed by atoms with Crippen LogP contribution in [0.25, 0.3) is 0 Å². The third-order valence-corrected chi connectivity index (χ3v) is 5.26. The van der Waals surface area contributed by atoms with Crippen LogP contribution in [0.3, 0.4) is 0 Å². The first kappa shape index (κ1) is 16.3. The number of hydrogen-bond acceptors (Lipinski definition) is 2. The molecule has 1 saturated carbocycles. The van der Waals surface area contributed by atoms with Gasteiger partial charge in [0.1, 0.15) is 5.82 Å². The fourth-order valence-corrected chi connectivity index (χ4v) is 4.14. The fraction of sp³-hybridized carbons (Fsp3) is 0.778. The Morgan fingerprint density at radius 3 is 2.61 bits per heavy atom. The summed E-state index contributed by atoms with van der Waals surface area (Å²) in [5.41, 5.74) is 0. The molecular formula is C18H31N5. The minimum absolute atomic E-state index is 0.629. The van der Waals surface area contributed by atoms with Crippen LogP contribution < -0.4 is 5.32 Å². The van der Waals surface area contributed by atoms with Crippen molar-refractivity contribution in [1.29, 1.82) is 0 Å². The lowest BCUT2D eigenvalue weighted by Crippen LogP contribution is -2.40. The van der Waals surface area contributed by atoms with E-state index < -0.39 is 0 Å². The third kappa shape index (κ3) is 3.88. The van der Waals surface area contributed by atoms with Gasteiger partial charge in [-0.1, -0.05) is 26.7 Å². The second kappa shape index (κ2) is 7.37. The Kier molecular flexibility index (Phi) is 5.23. The highest BCUT2D eigenvalue weighted by Crippen LogP contribution is 2.35. The van der Waals surface area contributed by atoms with Crippen LogP contribution >= 0.6 is 0 Å². The zero-order valence-electron chi connectivity index (χ0n) is 14.8. The quantitative estimate of drug-likeness (QED) is 0.686. The summed E-state index contributed by atoms with van der Waals surface area (Å²) in [5, 5.41) is 3.53. The molecule has 0 radical (unpaired) electrons. The van der Waals surface area contributed by atoms with E-state index in [0.29, 0.717) is 5.92 Å². The molecule has 1 saturated heterocycles. The summed E-state index contributed by atoms with van der Waals surface area (Å²) in [5.74, 6) is 4.52. The molecule has 0 spiro atoms. The summed E-state index contributed by atoms with van der Waals surface area (Å²) in [4.78, 5) is 11.5. The summed E-state index contributed by atoms with van der Waals surface area (Å²) >= 11 is 0. The third-order valence-electron chi connectivity index (χ3n) is 5.26. The largest absolute Gasteiger partial charge is 0.349 e. The molecule has 128 valence electrons. The maximum atomic E-state index is 4.51. The summed E-state index contributed by atoms with van der Waals surface area (Å²) < 4.78 is 2.24. The van der Waals surface area contributed by atoms with E-state index in [9.17, 15) is 0 Å². The number of likely N-dealkylation sites (tertiary alicyclic amines) is 1. The molecule has 2 atom stereocenters. The van der Waals surface area contributed by atoms with Crippen LogP contribution in [0.2, 0.25) is 0 Å². The van der Waals surface area contributed by atoms with E-state index in [4.69, 9.17) is 0 Å². The maximum Gasteiger partial charge on any atom is 0.194 e. The molecule has 5 heteroatoms. The average molecular weight is 317 g/mol. The van der Waals surface area contributed by atoms with E-state index in [1.54, 1.807) is 0 Å². The topological polar surface area (TPSA) is 45.5 Å². The van der Waals surface area contributed by atoms with Crippen molar-refractivity contribution < 1.29 is 0 Å². The van der Waals surface area contributed by atoms with Crippen molar-refractivity contribution in [3.8, 4) is 0 Å². The molecule has 2 heterocycles. The van der Waals surface area contributed by atoms with Crippen LogP contribution in [0.4, 0.5) is 0 Å². The lowest BCUT2D eigenvalue weighted by atomic mass is 9.82. The number of nitrogens with zero attached hydrogens (tertiary/aromatic N) is 4. The molecule has 23 heavy (non-hydrogen) atoms. The van der Waals surface area contributed by atoms with Gasteiger partial charge in [0.2, 0.25) is 0 Å². The van der Waals surface area contributed by atoms with Crippen LogP contribution in [0, 0.1) is 17.8 Å². The number of nitrogens with one attached hydrogen (secondary N) is 1. The van der Waals surface area contributed by atoms with Gasteiger partial charge in [-0.3, -0.25) is 4.99 Å². The fourth-order valence-electron chi connectivity index (χ4n) is 4.14. The van der Waals surface area contributed by atoms with Gasteiger partial charge in [0, 0.05) is 39.1 Å². The van der Waals surface area contributed by atoms with Crippen molar-refractivity contribution in [2.45, 2.75) is 52.6 Å². The van der Waals surface area contributed by atoms with E-state index in [0.717, 1.165) is 36.7 Å². The van der Waals surface area contributed by atoms with Crippen molar-refractivity contribution >= 4 is 5.96 Å². The first-order valence-electron chi connectivity index (χ1n) is 9.13. The summed E-state index contributed by atoms with van der Waals surface area (Å²) in [6, 6.07) is 0. The monoisotopic (exact) mass is 317 g/mol. The van der Waals surface area contributed by atoms with Gasteiger partial charge in [-0.15, -0.1) is 0 Å². The van der Waals surface area contributed by atoms with E-state index in [2.05, 4.69) is 44.8 Å². The highest BCUT2D eigenvalue weighted by atomic mass is 15.3. The van der Waals surface area contributed by atoms with Crippen LogP contribution in [-0.2, 0) is 13.1 Å². The van der Waals surface area contributed by atoms with Crippen LogP contribution in [-0.4, -0.2) is 40.5 Å². The van der Waals surface area contributed by atoms with Gasteiger partial charge in [0.05, 0.1) is 6.54 Å². The Labute approximate surface area is 140 Å². The molecule has 2 fully saturated rings. The van der Waals surface area contributed by atoms with Crippen molar-refractivity contribution in [3.63, 3.8) is 0 Å². The van der Waals surface area contributed by atoms with E-state index in [1.807, 2.05) is 13.2 Å². The molecule has 1 aliphatic heterocycles. The van der Waals surface area contributed by atoms with Gasteiger partial charge in [-0.25, -0.2) is 4.98 Å². The molecule has 3 rings (SSSR count). The van der Waals surface area contributed by atoms with Crippen LogP contribution in [0.5, 0.6) is 0 Å². The predicted octanol–water partition coefficient (Wildman–Crippen LogP) is 2.74. The summed E-state index contributed by atoms with van der Waals surface area (Å²) in [6.45, 7) is 8.58. The molecule has 2 unspecified atom stereocenters. The number of hydrogen-bond donors (Lipinski definition) is 1. The Morgan fingerprint density at radius 2 is 2.00 bits per heavy atom. The van der Waals surface area contributed by atoms with Gasteiger partial charge in [0.25, 0.3) is 0 Å². The predicted molar refractivity (Wildman–Crippen MR) is 94.3 cm³/mol. The minimum Gasteiger partial charge on any atom is -0.349 e. The van der Waals surface area contributed by atoms with E-state index >= 15 is 0 Å². The van der Waals surface area contributed by atoms with E-state index in [1.165, 1.54) is 38.8 Å². The second-order valence-electron chi connectivity index (χ2n) is 7.50. The number of rotatable bonds is 4. The Morgan fingerprint density at radius 1 is 1.30 bits per heavy atom. The molecule has 0 amide bonds.